The molecule has 2 nitrogen and oxygen atoms in total. The normalized spacial score (nSPS) is 10.5. The average molecular weight is 401 g/mol. The van der Waals surface area contributed by atoms with Crippen molar-refractivity contribution in [3.8, 4) is 0 Å². The summed E-state index contributed by atoms with van der Waals surface area (Å²) in [5.41, 5.74) is -0.180. The molecule has 3 rings (SSSR count). The van der Waals surface area contributed by atoms with Crippen molar-refractivity contribution in [3.63, 3.8) is 0 Å². The van der Waals surface area contributed by atoms with Gasteiger partial charge in [0, 0.05) is 0 Å². The van der Waals surface area contributed by atoms with Gasteiger partial charge in [0.05, 0.1) is 7.11 Å². The van der Waals surface area contributed by atoms with Crippen LogP contribution in [-0.2, 0) is 4.74 Å². The Morgan fingerprint density at radius 3 is 1.21 bits per heavy atom. The first-order valence-electron chi connectivity index (χ1n) is 7.44. The highest BCUT2D eigenvalue weighted by Gasteiger charge is 2.55. The first kappa shape index (κ1) is 18.4. The molecule has 0 aliphatic heterocycles. The zero-order chi connectivity index (χ0) is 16.1. The van der Waals surface area contributed by atoms with Gasteiger partial charge in [0.15, 0.2) is 0 Å². The Kier molecular flexibility index (Phi) is 6.30. The van der Waals surface area contributed by atoms with Crippen molar-refractivity contribution < 1.29 is 26.5 Å². The van der Waals surface area contributed by atoms with Crippen molar-refractivity contribution in [1.29, 1.82) is 0 Å². The third kappa shape index (κ3) is 3.15. The van der Waals surface area contributed by atoms with Gasteiger partial charge in [-0.05, 0) is 36.4 Å². The molecule has 122 valence electrons. The molecule has 0 aliphatic carbocycles. The van der Waals surface area contributed by atoms with E-state index in [1.54, 1.807) is 0 Å². The van der Waals surface area contributed by atoms with E-state index in [-0.39, 0.29) is 22.7 Å². The van der Waals surface area contributed by atoms with Gasteiger partial charge in [-0.1, -0.05) is 54.6 Å². The van der Waals surface area contributed by atoms with Gasteiger partial charge in [-0.15, -0.1) is 0 Å². The maximum atomic E-state index is 13.1. The zero-order valence-electron chi connectivity index (χ0n) is 13.3. The van der Waals surface area contributed by atoms with Crippen molar-refractivity contribution in [2.24, 2.45) is 0 Å². The summed E-state index contributed by atoms with van der Waals surface area (Å²) in [5, 5.41) is 3.01. The first-order valence-corrected chi connectivity index (χ1v) is 9.23. The lowest BCUT2D eigenvalue weighted by atomic mass is 10.4. The molecule has 0 amide bonds. The number of benzene rings is 3. The van der Waals surface area contributed by atoms with Gasteiger partial charge in [0.1, 0.15) is 15.9 Å². The largest absolute Gasteiger partial charge is 1.00 e. The predicted octanol–water partition coefficient (Wildman–Crippen LogP) is 0.751. The second-order valence-corrected chi connectivity index (χ2v) is 8.40. The summed E-state index contributed by atoms with van der Waals surface area (Å²) in [4.78, 5) is 13.1. The lowest BCUT2D eigenvalue weighted by molar-refractivity contribution is -0.00000849. The van der Waals surface area contributed by atoms with Crippen molar-refractivity contribution in [1.82, 2.24) is 0 Å². The summed E-state index contributed by atoms with van der Waals surface area (Å²) in [6.07, 6.45) is 0. The Morgan fingerprint density at radius 2 is 0.958 bits per heavy atom. The molecule has 3 aromatic rings. The van der Waals surface area contributed by atoms with Crippen LogP contribution in [0.25, 0.3) is 0 Å². The van der Waals surface area contributed by atoms with Crippen LogP contribution in [0.4, 0.5) is 4.79 Å². The lowest BCUT2D eigenvalue weighted by Crippen LogP contribution is -3.00. The number of hydrogen-bond donors (Lipinski definition) is 0. The smallest absolute Gasteiger partial charge is 0.466 e. The van der Waals surface area contributed by atoms with E-state index in [2.05, 4.69) is 0 Å². The van der Waals surface area contributed by atoms with E-state index in [1.165, 1.54) is 7.11 Å². The Bertz CT molecular complexity index is 680. The Balaban J connectivity index is 0.00000208. The van der Waals surface area contributed by atoms with Crippen LogP contribution < -0.4 is 32.9 Å². The highest BCUT2D eigenvalue weighted by molar-refractivity contribution is 8.07. The molecule has 0 aromatic heterocycles. The quantitative estimate of drug-likeness (QED) is 0.604. The summed E-state index contributed by atoms with van der Waals surface area (Å²) in [6.45, 7) is 0. The predicted molar refractivity (Wildman–Crippen MR) is 97.6 cm³/mol. The van der Waals surface area contributed by atoms with Crippen LogP contribution in [0.15, 0.2) is 91.0 Å². The zero-order valence-corrected chi connectivity index (χ0v) is 15.8. The fourth-order valence-electron chi connectivity index (χ4n) is 2.86. The minimum Gasteiger partial charge on any atom is -1.00 e. The summed E-state index contributed by atoms with van der Waals surface area (Å²) < 4.78 is 5.29. The van der Waals surface area contributed by atoms with Crippen LogP contribution in [0.2, 0.25) is 0 Å². The number of rotatable bonds is 4. The molecular formula is C20H18BrO2P. The molecule has 0 spiro atoms. The first-order chi connectivity index (χ1) is 11.3. The molecule has 24 heavy (non-hydrogen) atoms. The van der Waals surface area contributed by atoms with Crippen LogP contribution in [0.5, 0.6) is 0 Å². The highest BCUT2D eigenvalue weighted by atomic mass is 79.9. The van der Waals surface area contributed by atoms with Crippen LogP contribution in [0.1, 0.15) is 0 Å². The van der Waals surface area contributed by atoms with E-state index in [9.17, 15) is 4.79 Å². The third-order valence-electron chi connectivity index (χ3n) is 3.88. The molecule has 0 aliphatic rings. The fraction of sp³-hybridized carbons (Fsp3) is 0.0500. The molecule has 3 aromatic carbocycles. The summed E-state index contributed by atoms with van der Waals surface area (Å²) in [6, 6.07) is 29.8. The lowest BCUT2D eigenvalue weighted by Gasteiger charge is -2.23. The van der Waals surface area contributed by atoms with Crippen LogP contribution >= 0.6 is 7.26 Å². The number of carbonyl (C=O) groups is 1. The van der Waals surface area contributed by atoms with Gasteiger partial charge in [0.2, 0.25) is 7.26 Å². The van der Waals surface area contributed by atoms with E-state index in [0.29, 0.717) is 0 Å². The Morgan fingerprint density at radius 1 is 0.667 bits per heavy atom. The highest BCUT2D eigenvalue weighted by Crippen LogP contribution is 2.56. The van der Waals surface area contributed by atoms with E-state index in [1.807, 2.05) is 91.0 Å². The van der Waals surface area contributed by atoms with Gasteiger partial charge in [-0.2, -0.15) is 0 Å². The Labute approximate surface area is 153 Å². The van der Waals surface area contributed by atoms with Crippen molar-refractivity contribution >= 4 is 28.9 Å². The number of ether oxygens (including phenoxy) is 1. The monoisotopic (exact) mass is 400 g/mol. The molecule has 0 heterocycles. The third-order valence-corrected chi connectivity index (χ3v) is 7.83. The number of hydrogen-bond acceptors (Lipinski definition) is 2. The van der Waals surface area contributed by atoms with Crippen LogP contribution in [0.3, 0.4) is 0 Å². The molecule has 0 radical (unpaired) electrons. The van der Waals surface area contributed by atoms with E-state index in [0.717, 1.165) is 15.9 Å². The number of methoxy groups -OCH3 is 1. The van der Waals surface area contributed by atoms with Crippen molar-refractivity contribution in [2.45, 2.75) is 0 Å². The molecule has 0 fully saturated rings. The molecular weight excluding hydrogens is 383 g/mol. The van der Waals surface area contributed by atoms with Gasteiger partial charge >= 0.3 is 5.71 Å². The molecule has 0 saturated heterocycles. The number of carbonyl (C=O) groups excluding carboxylic acids is 1. The summed E-state index contributed by atoms with van der Waals surface area (Å²) in [5.74, 6) is 0. The standard InChI is InChI=1S/C20H18O2P.BrH/c1-22-20(21)23(17-11-5-2-6-12-17,18-13-7-3-8-14-18)19-15-9-4-10-16-19;/h2-16H,1H3;1H/q+1;/p-1. The maximum absolute atomic E-state index is 13.1. The van der Waals surface area contributed by atoms with Crippen LogP contribution in [0, 0.1) is 0 Å². The van der Waals surface area contributed by atoms with Gasteiger partial charge in [-0.25, -0.2) is 4.79 Å². The second-order valence-electron chi connectivity index (χ2n) is 5.15. The fourth-order valence-corrected chi connectivity index (χ4v) is 6.51. The van der Waals surface area contributed by atoms with Crippen LogP contribution in [-0.4, -0.2) is 12.8 Å². The van der Waals surface area contributed by atoms with E-state index < -0.39 is 7.26 Å². The second kappa shape index (κ2) is 8.23. The molecule has 4 heteroatoms. The minimum atomic E-state index is -2.51. The summed E-state index contributed by atoms with van der Waals surface area (Å²) in [7, 11) is -1.04. The average Bonchev–Trinajstić information content (AvgIpc) is 2.65. The van der Waals surface area contributed by atoms with Crippen molar-refractivity contribution in [2.75, 3.05) is 7.11 Å². The minimum absolute atomic E-state index is 0. The summed E-state index contributed by atoms with van der Waals surface area (Å²) >= 11 is 0. The molecule has 0 atom stereocenters. The molecule has 0 saturated carbocycles. The Hall–Kier alpha value is -1.96. The van der Waals surface area contributed by atoms with Gasteiger partial charge < -0.3 is 21.7 Å². The van der Waals surface area contributed by atoms with E-state index >= 15 is 0 Å². The SMILES string of the molecule is COC(=O)[P+](c1ccccc1)(c1ccccc1)c1ccccc1.[Br-]. The number of halogens is 1. The maximum Gasteiger partial charge on any atom is 0.466 e. The van der Waals surface area contributed by atoms with E-state index in [4.69, 9.17) is 4.74 Å². The molecule has 0 N–H and O–H groups in total. The van der Waals surface area contributed by atoms with Gasteiger partial charge in [0.25, 0.3) is 0 Å². The van der Waals surface area contributed by atoms with Gasteiger partial charge in [-0.3, -0.25) is 0 Å². The molecule has 0 bridgehead atoms. The molecule has 0 unspecified atom stereocenters. The topological polar surface area (TPSA) is 26.3 Å². The van der Waals surface area contributed by atoms with Crippen molar-refractivity contribution in [3.05, 3.63) is 91.0 Å².